The van der Waals surface area contributed by atoms with Gasteiger partial charge in [-0.3, -0.25) is 0 Å². The van der Waals surface area contributed by atoms with Crippen molar-refractivity contribution in [2.24, 2.45) is 0 Å². The predicted octanol–water partition coefficient (Wildman–Crippen LogP) is 1.21. The van der Waals surface area contributed by atoms with Crippen LogP contribution in [-0.2, 0) is 6.42 Å². The number of anilines is 1. The van der Waals surface area contributed by atoms with E-state index in [0.29, 0.717) is 5.82 Å². The van der Waals surface area contributed by atoms with Gasteiger partial charge in [0.25, 0.3) is 0 Å². The first-order valence-electron chi connectivity index (χ1n) is 4.74. The van der Waals surface area contributed by atoms with Gasteiger partial charge in [0, 0.05) is 6.20 Å². The Balaban J connectivity index is 2.28. The Bertz CT molecular complexity index is 248. The lowest BCUT2D eigenvalue weighted by Gasteiger charge is -2.03. The van der Waals surface area contributed by atoms with Crippen molar-refractivity contribution in [1.29, 1.82) is 0 Å². The highest BCUT2D eigenvalue weighted by molar-refractivity contribution is 5.31. The maximum Gasteiger partial charge on any atom is 0.123 e. The molecule has 0 saturated heterocycles. The highest BCUT2D eigenvalue weighted by Crippen LogP contribution is 2.02. The van der Waals surface area contributed by atoms with Gasteiger partial charge < -0.3 is 11.1 Å². The van der Waals surface area contributed by atoms with E-state index in [1.54, 1.807) is 6.20 Å². The summed E-state index contributed by atoms with van der Waals surface area (Å²) in [7, 11) is 0. The third-order valence-electron chi connectivity index (χ3n) is 1.86. The summed E-state index contributed by atoms with van der Waals surface area (Å²) in [6, 6.07) is 3.93. The van der Waals surface area contributed by atoms with Crippen LogP contribution in [0.2, 0.25) is 0 Å². The maximum absolute atomic E-state index is 5.56. The highest BCUT2D eigenvalue weighted by Gasteiger charge is 1.93. The van der Waals surface area contributed by atoms with E-state index in [1.807, 2.05) is 12.1 Å². The van der Waals surface area contributed by atoms with Gasteiger partial charge in [-0.2, -0.15) is 0 Å². The fourth-order valence-corrected chi connectivity index (χ4v) is 1.18. The van der Waals surface area contributed by atoms with Crippen LogP contribution in [0.5, 0.6) is 0 Å². The van der Waals surface area contributed by atoms with Gasteiger partial charge in [-0.05, 0) is 43.6 Å². The third-order valence-corrected chi connectivity index (χ3v) is 1.86. The van der Waals surface area contributed by atoms with E-state index < -0.39 is 0 Å². The molecule has 1 rings (SSSR count). The maximum atomic E-state index is 5.56. The molecule has 0 bridgehead atoms. The van der Waals surface area contributed by atoms with E-state index >= 15 is 0 Å². The molecule has 0 atom stereocenters. The first kappa shape index (κ1) is 9.99. The first-order chi connectivity index (χ1) is 6.33. The van der Waals surface area contributed by atoms with Gasteiger partial charge in [0.2, 0.25) is 0 Å². The minimum absolute atomic E-state index is 0.605. The van der Waals surface area contributed by atoms with Crippen LogP contribution in [0.15, 0.2) is 18.3 Å². The van der Waals surface area contributed by atoms with Crippen LogP contribution in [0.3, 0.4) is 0 Å². The van der Waals surface area contributed by atoms with E-state index in [4.69, 9.17) is 5.73 Å². The summed E-state index contributed by atoms with van der Waals surface area (Å²) in [5.41, 5.74) is 6.80. The Kier molecular flexibility index (Phi) is 4.26. The molecule has 72 valence electrons. The van der Waals surface area contributed by atoms with E-state index in [0.717, 1.165) is 19.5 Å². The SMILES string of the molecule is CCCNCCc1ccnc(N)c1. The second-order valence-electron chi connectivity index (χ2n) is 3.09. The fourth-order valence-electron chi connectivity index (χ4n) is 1.18. The molecular weight excluding hydrogens is 162 g/mol. The number of rotatable bonds is 5. The molecular formula is C10H17N3. The molecule has 13 heavy (non-hydrogen) atoms. The molecule has 0 unspecified atom stereocenters. The van der Waals surface area contributed by atoms with Gasteiger partial charge in [0.05, 0.1) is 0 Å². The van der Waals surface area contributed by atoms with Crippen LogP contribution < -0.4 is 11.1 Å². The number of pyridine rings is 1. The molecule has 0 radical (unpaired) electrons. The van der Waals surface area contributed by atoms with Crippen molar-refractivity contribution in [3.05, 3.63) is 23.9 Å². The zero-order valence-electron chi connectivity index (χ0n) is 8.09. The number of nitrogen functional groups attached to an aromatic ring is 1. The zero-order chi connectivity index (χ0) is 9.52. The van der Waals surface area contributed by atoms with E-state index in [-0.39, 0.29) is 0 Å². The lowest BCUT2D eigenvalue weighted by Crippen LogP contribution is -2.17. The Morgan fingerprint density at radius 3 is 3.00 bits per heavy atom. The Morgan fingerprint density at radius 2 is 2.31 bits per heavy atom. The lowest BCUT2D eigenvalue weighted by atomic mass is 10.2. The Hall–Kier alpha value is -1.09. The standard InChI is InChI=1S/C10H17N3/c1-2-5-12-6-3-9-4-7-13-10(11)8-9/h4,7-8,12H,2-3,5-6H2,1H3,(H2,11,13). The van der Waals surface area contributed by atoms with Crippen LogP contribution in [0.1, 0.15) is 18.9 Å². The molecule has 0 amide bonds. The van der Waals surface area contributed by atoms with Crippen LogP contribution in [0, 0.1) is 0 Å². The summed E-state index contributed by atoms with van der Waals surface area (Å²) in [5, 5.41) is 3.34. The monoisotopic (exact) mass is 179 g/mol. The fraction of sp³-hybridized carbons (Fsp3) is 0.500. The smallest absolute Gasteiger partial charge is 0.123 e. The van der Waals surface area contributed by atoms with E-state index in [2.05, 4.69) is 17.2 Å². The van der Waals surface area contributed by atoms with Gasteiger partial charge in [0.1, 0.15) is 5.82 Å². The van der Waals surface area contributed by atoms with Crippen molar-refractivity contribution in [1.82, 2.24) is 10.3 Å². The molecule has 0 aliphatic rings. The van der Waals surface area contributed by atoms with Crippen molar-refractivity contribution < 1.29 is 0 Å². The third kappa shape index (κ3) is 3.90. The second kappa shape index (κ2) is 5.54. The molecule has 1 aromatic rings. The van der Waals surface area contributed by atoms with Gasteiger partial charge in [-0.1, -0.05) is 6.92 Å². The molecule has 0 saturated carbocycles. The topological polar surface area (TPSA) is 50.9 Å². The van der Waals surface area contributed by atoms with Gasteiger partial charge in [-0.25, -0.2) is 4.98 Å². The van der Waals surface area contributed by atoms with Crippen LogP contribution >= 0.6 is 0 Å². The lowest BCUT2D eigenvalue weighted by molar-refractivity contribution is 0.671. The summed E-state index contributed by atoms with van der Waals surface area (Å²) in [5.74, 6) is 0.605. The quantitative estimate of drug-likeness (QED) is 0.668. The molecule has 0 spiro atoms. The number of hydrogen-bond acceptors (Lipinski definition) is 3. The minimum Gasteiger partial charge on any atom is -0.384 e. The molecule has 1 heterocycles. The number of nitrogens with zero attached hydrogens (tertiary/aromatic N) is 1. The molecule has 3 N–H and O–H groups in total. The van der Waals surface area contributed by atoms with Crippen LogP contribution in [-0.4, -0.2) is 18.1 Å². The van der Waals surface area contributed by atoms with Gasteiger partial charge in [-0.15, -0.1) is 0 Å². The second-order valence-corrected chi connectivity index (χ2v) is 3.09. The predicted molar refractivity (Wildman–Crippen MR) is 55.5 cm³/mol. The summed E-state index contributed by atoms with van der Waals surface area (Å²) >= 11 is 0. The molecule has 3 heteroatoms. The number of nitrogens with two attached hydrogens (primary N) is 1. The van der Waals surface area contributed by atoms with Crippen LogP contribution in [0.25, 0.3) is 0 Å². The van der Waals surface area contributed by atoms with Crippen molar-refractivity contribution in [2.75, 3.05) is 18.8 Å². The molecule has 1 aromatic heterocycles. The first-order valence-corrected chi connectivity index (χ1v) is 4.74. The van der Waals surface area contributed by atoms with Crippen molar-refractivity contribution >= 4 is 5.82 Å². The van der Waals surface area contributed by atoms with Crippen molar-refractivity contribution in [3.63, 3.8) is 0 Å². The summed E-state index contributed by atoms with van der Waals surface area (Å²) < 4.78 is 0. The summed E-state index contributed by atoms with van der Waals surface area (Å²) in [4.78, 5) is 3.94. The number of hydrogen-bond donors (Lipinski definition) is 2. The normalized spacial score (nSPS) is 10.2. The zero-order valence-corrected chi connectivity index (χ0v) is 8.09. The summed E-state index contributed by atoms with van der Waals surface area (Å²) in [6.07, 6.45) is 3.95. The van der Waals surface area contributed by atoms with Crippen molar-refractivity contribution in [2.45, 2.75) is 19.8 Å². The molecule has 0 fully saturated rings. The Labute approximate surface area is 79.4 Å². The average molecular weight is 179 g/mol. The molecule has 3 nitrogen and oxygen atoms in total. The largest absolute Gasteiger partial charge is 0.384 e. The number of nitrogens with one attached hydrogen (secondary N) is 1. The molecule has 0 aliphatic heterocycles. The molecule has 0 aromatic carbocycles. The van der Waals surface area contributed by atoms with E-state index in [1.165, 1.54) is 12.0 Å². The van der Waals surface area contributed by atoms with Crippen LogP contribution in [0.4, 0.5) is 5.82 Å². The minimum atomic E-state index is 0.605. The Morgan fingerprint density at radius 1 is 1.46 bits per heavy atom. The van der Waals surface area contributed by atoms with Gasteiger partial charge >= 0.3 is 0 Å². The van der Waals surface area contributed by atoms with Gasteiger partial charge in [0.15, 0.2) is 0 Å². The highest BCUT2D eigenvalue weighted by atomic mass is 14.8. The number of aromatic nitrogens is 1. The summed E-state index contributed by atoms with van der Waals surface area (Å²) in [6.45, 7) is 4.26. The van der Waals surface area contributed by atoms with E-state index in [9.17, 15) is 0 Å². The molecule has 0 aliphatic carbocycles. The van der Waals surface area contributed by atoms with Crippen molar-refractivity contribution in [3.8, 4) is 0 Å². The average Bonchev–Trinajstić information content (AvgIpc) is 2.13.